The van der Waals surface area contributed by atoms with Crippen LogP contribution in [0, 0.1) is 0 Å². The van der Waals surface area contributed by atoms with Crippen molar-refractivity contribution in [1.29, 1.82) is 0 Å². The summed E-state index contributed by atoms with van der Waals surface area (Å²) in [6, 6.07) is 41.3. The van der Waals surface area contributed by atoms with E-state index in [9.17, 15) is 0 Å². The number of pyridine rings is 1. The van der Waals surface area contributed by atoms with Gasteiger partial charge in [0.2, 0.25) is 0 Å². The van der Waals surface area contributed by atoms with Crippen LogP contribution in [0.4, 0.5) is 0 Å². The summed E-state index contributed by atoms with van der Waals surface area (Å²) >= 11 is 3.72. The summed E-state index contributed by atoms with van der Waals surface area (Å²) in [7, 11) is 0. The SMILES string of the molecule is Brc1cnc2c3cc(-c4cccc5c4c4ccccc4n5-c4ccccc4)ccc3c3ccccc3n12. The maximum absolute atomic E-state index is 4.80. The molecule has 0 unspecified atom stereocenters. The van der Waals surface area contributed by atoms with Gasteiger partial charge in [0.15, 0.2) is 0 Å². The molecule has 0 saturated carbocycles. The minimum absolute atomic E-state index is 0.957. The molecule has 0 saturated heterocycles. The Bertz CT molecular complexity index is 2150. The summed E-state index contributed by atoms with van der Waals surface area (Å²) in [4.78, 5) is 4.80. The van der Waals surface area contributed by atoms with Gasteiger partial charge >= 0.3 is 0 Å². The summed E-state index contributed by atoms with van der Waals surface area (Å²) in [6.07, 6.45) is 1.89. The van der Waals surface area contributed by atoms with E-state index >= 15 is 0 Å². The number of benzene rings is 5. The molecule has 0 aliphatic carbocycles. The van der Waals surface area contributed by atoms with Crippen molar-refractivity contribution in [2.75, 3.05) is 0 Å². The van der Waals surface area contributed by atoms with Gasteiger partial charge in [-0.25, -0.2) is 4.98 Å². The smallest absolute Gasteiger partial charge is 0.146 e. The Morgan fingerprint density at radius 3 is 2.16 bits per heavy atom. The van der Waals surface area contributed by atoms with Crippen LogP contribution in [-0.4, -0.2) is 14.0 Å². The van der Waals surface area contributed by atoms with E-state index in [-0.39, 0.29) is 0 Å². The zero-order valence-corrected chi connectivity index (χ0v) is 21.4. The second-order valence-corrected chi connectivity index (χ2v) is 10.2. The van der Waals surface area contributed by atoms with E-state index in [2.05, 4.69) is 140 Å². The molecule has 4 heteroatoms. The number of imidazole rings is 1. The Hall–Kier alpha value is -4.41. The molecule has 0 spiro atoms. The van der Waals surface area contributed by atoms with Crippen molar-refractivity contribution in [3.05, 3.63) is 126 Å². The van der Waals surface area contributed by atoms with Crippen LogP contribution in [0.3, 0.4) is 0 Å². The van der Waals surface area contributed by atoms with E-state index in [1.807, 2.05) is 6.20 Å². The van der Waals surface area contributed by atoms with Gasteiger partial charge in [0.05, 0.1) is 22.7 Å². The highest BCUT2D eigenvalue weighted by Gasteiger charge is 2.17. The third kappa shape index (κ3) is 2.90. The maximum Gasteiger partial charge on any atom is 0.146 e. The topological polar surface area (TPSA) is 22.2 Å². The first kappa shape index (κ1) is 20.7. The second kappa shape index (κ2) is 7.79. The van der Waals surface area contributed by atoms with Crippen LogP contribution >= 0.6 is 15.9 Å². The Morgan fingerprint density at radius 1 is 0.568 bits per heavy atom. The lowest BCUT2D eigenvalue weighted by Crippen LogP contribution is -1.93. The fraction of sp³-hybridized carbons (Fsp3) is 0. The predicted octanol–water partition coefficient (Wildman–Crippen LogP) is 9.17. The first-order valence-electron chi connectivity index (χ1n) is 12.3. The maximum atomic E-state index is 4.80. The number of hydrogen-bond acceptors (Lipinski definition) is 1. The minimum Gasteiger partial charge on any atom is -0.309 e. The second-order valence-electron chi connectivity index (χ2n) is 9.41. The lowest BCUT2D eigenvalue weighted by molar-refractivity contribution is 1.18. The summed E-state index contributed by atoms with van der Waals surface area (Å²) in [5.41, 5.74) is 8.10. The molecule has 0 fully saturated rings. The monoisotopic (exact) mass is 537 g/mol. The van der Waals surface area contributed by atoms with Gasteiger partial charge in [-0.05, 0) is 68.8 Å². The van der Waals surface area contributed by atoms with Gasteiger partial charge in [-0.1, -0.05) is 78.9 Å². The van der Waals surface area contributed by atoms with Crippen molar-refractivity contribution in [3.8, 4) is 16.8 Å². The molecule has 37 heavy (non-hydrogen) atoms. The number of aromatic nitrogens is 3. The minimum atomic E-state index is 0.957. The largest absolute Gasteiger partial charge is 0.309 e. The highest BCUT2D eigenvalue weighted by atomic mass is 79.9. The first-order chi connectivity index (χ1) is 18.3. The molecule has 0 aliphatic rings. The van der Waals surface area contributed by atoms with Crippen molar-refractivity contribution in [1.82, 2.24) is 14.0 Å². The summed E-state index contributed by atoms with van der Waals surface area (Å²) < 4.78 is 5.52. The van der Waals surface area contributed by atoms with E-state index < -0.39 is 0 Å². The fourth-order valence-corrected chi connectivity index (χ4v) is 6.35. The van der Waals surface area contributed by atoms with E-state index in [1.165, 1.54) is 49.4 Å². The Labute approximate surface area is 221 Å². The van der Waals surface area contributed by atoms with Crippen molar-refractivity contribution in [2.45, 2.75) is 0 Å². The van der Waals surface area contributed by atoms with Gasteiger partial charge in [0.1, 0.15) is 10.3 Å². The number of hydrogen-bond donors (Lipinski definition) is 0. The normalized spacial score (nSPS) is 11.9. The quantitative estimate of drug-likeness (QED) is 0.201. The molecule has 8 aromatic rings. The fourth-order valence-electron chi connectivity index (χ4n) is 5.89. The third-order valence-electron chi connectivity index (χ3n) is 7.44. The summed E-state index contributed by atoms with van der Waals surface area (Å²) in [6.45, 7) is 0. The number of nitrogens with zero attached hydrogens (tertiary/aromatic N) is 3. The molecule has 0 atom stereocenters. The summed E-state index contributed by atoms with van der Waals surface area (Å²) in [5, 5.41) is 6.09. The van der Waals surface area contributed by atoms with Crippen molar-refractivity contribution < 1.29 is 0 Å². The molecule has 8 rings (SSSR count). The average molecular weight is 538 g/mol. The van der Waals surface area contributed by atoms with Gasteiger partial charge in [0.25, 0.3) is 0 Å². The van der Waals surface area contributed by atoms with Crippen LogP contribution in [0.2, 0.25) is 0 Å². The van der Waals surface area contributed by atoms with E-state index in [0.29, 0.717) is 0 Å². The number of para-hydroxylation sites is 3. The highest BCUT2D eigenvalue weighted by Crippen LogP contribution is 2.40. The molecule has 174 valence electrons. The number of rotatable bonds is 2. The molecular formula is C33H20BrN3. The van der Waals surface area contributed by atoms with Gasteiger partial charge in [0, 0.05) is 27.2 Å². The van der Waals surface area contributed by atoms with E-state index in [1.54, 1.807) is 0 Å². The zero-order chi connectivity index (χ0) is 24.5. The Kier molecular flexibility index (Phi) is 4.37. The third-order valence-corrected chi connectivity index (χ3v) is 8.00. The molecule has 0 bridgehead atoms. The molecule has 0 radical (unpaired) electrons. The van der Waals surface area contributed by atoms with Gasteiger partial charge < -0.3 is 4.57 Å². The Morgan fingerprint density at radius 2 is 1.30 bits per heavy atom. The number of fused-ring (bicyclic) bond motifs is 9. The predicted molar refractivity (Wildman–Crippen MR) is 158 cm³/mol. The number of halogens is 1. The highest BCUT2D eigenvalue weighted by molar-refractivity contribution is 9.10. The van der Waals surface area contributed by atoms with Crippen LogP contribution in [-0.2, 0) is 0 Å². The van der Waals surface area contributed by atoms with Gasteiger partial charge in [-0.3, -0.25) is 4.40 Å². The molecule has 0 amide bonds. The lowest BCUT2D eigenvalue weighted by atomic mass is 9.96. The average Bonchev–Trinajstić information content (AvgIpc) is 3.52. The molecular weight excluding hydrogens is 518 g/mol. The Balaban J connectivity index is 1.49. The van der Waals surface area contributed by atoms with Crippen LogP contribution in [0.1, 0.15) is 0 Å². The molecule has 3 heterocycles. The standard InChI is InChI=1S/C33H20BrN3/c34-31-20-35-33-27-19-21(17-18-24(27)25-11-4-6-14-28(25)37(31)33)23-13-8-16-30-32(23)26-12-5-7-15-29(26)36(30)22-9-2-1-3-10-22/h1-20H. The van der Waals surface area contributed by atoms with Crippen molar-refractivity contribution in [2.24, 2.45) is 0 Å². The van der Waals surface area contributed by atoms with Crippen LogP contribution < -0.4 is 0 Å². The molecule has 0 aliphatic heterocycles. The van der Waals surface area contributed by atoms with Crippen molar-refractivity contribution in [3.63, 3.8) is 0 Å². The van der Waals surface area contributed by atoms with Crippen LogP contribution in [0.5, 0.6) is 0 Å². The lowest BCUT2D eigenvalue weighted by Gasteiger charge is -2.12. The van der Waals surface area contributed by atoms with Crippen molar-refractivity contribution >= 4 is 65.1 Å². The zero-order valence-electron chi connectivity index (χ0n) is 19.8. The first-order valence-corrected chi connectivity index (χ1v) is 13.1. The molecule has 0 N–H and O–H groups in total. The van der Waals surface area contributed by atoms with E-state index in [4.69, 9.17) is 4.98 Å². The molecule has 3 nitrogen and oxygen atoms in total. The van der Waals surface area contributed by atoms with Crippen LogP contribution in [0.15, 0.2) is 126 Å². The van der Waals surface area contributed by atoms with Gasteiger partial charge in [-0.2, -0.15) is 0 Å². The van der Waals surface area contributed by atoms with E-state index in [0.717, 1.165) is 21.2 Å². The summed E-state index contributed by atoms with van der Waals surface area (Å²) in [5.74, 6) is 0. The van der Waals surface area contributed by atoms with Gasteiger partial charge in [-0.15, -0.1) is 0 Å². The molecule has 5 aromatic carbocycles. The molecule has 3 aromatic heterocycles. The van der Waals surface area contributed by atoms with Crippen LogP contribution in [0.25, 0.3) is 65.9 Å².